The third kappa shape index (κ3) is 5.99. The summed E-state index contributed by atoms with van der Waals surface area (Å²) in [5.41, 5.74) is -0.189. The highest BCUT2D eigenvalue weighted by Crippen LogP contribution is 2.23. The number of carboxylic acids is 1. The lowest BCUT2D eigenvalue weighted by Crippen LogP contribution is -2.50. The molecule has 1 aromatic heterocycles. The summed E-state index contributed by atoms with van der Waals surface area (Å²) < 4.78 is 26.8. The number of nitrogens with zero attached hydrogens (tertiary/aromatic N) is 3. The Balaban J connectivity index is 1.67. The van der Waals surface area contributed by atoms with E-state index < -0.39 is 35.3 Å². The standard InChI is InChI=1S/C23H26ClF2N5O5/c1-3-6-31(13-4-7-30(8-5-13)21(33)12(2)23(35)36)22(34)18-11-19(29-28-18)27-20(32)14-9-16(25)17(26)10-15(14)24/h9-13H,3-8H2,1-2H3,(H,35,36)(H2,27,28,29,32). The summed E-state index contributed by atoms with van der Waals surface area (Å²) in [7, 11) is 0. The van der Waals surface area contributed by atoms with Gasteiger partial charge in [0.05, 0.1) is 10.6 Å². The number of likely N-dealkylation sites (tertiary alicyclic amines) is 1. The summed E-state index contributed by atoms with van der Waals surface area (Å²) in [6, 6.07) is 2.51. The number of nitrogens with one attached hydrogen (secondary N) is 2. The molecule has 1 fully saturated rings. The van der Waals surface area contributed by atoms with Crippen molar-refractivity contribution in [3.8, 4) is 0 Å². The Labute approximate surface area is 210 Å². The van der Waals surface area contributed by atoms with Gasteiger partial charge in [0, 0.05) is 31.7 Å². The number of hydrogen-bond donors (Lipinski definition) is 3. The maximum atomic E-state index is 13.5. The van der Waals surface area contributed by atoms with Crippen molar-refractivity contribution in [2.45, 2.75) is 39.2 Å². The number of aliphatic carboxylic acids is 1. The van der Waals surface area contributed by atoms with Crippen LogP contribution in [0.3, 0.4) is 0 Å². The average molecular weight is 526 g/mol. The summed E-state index contributed by atoms with van der Waals surface area (Å²) in [6.07, 6.45) is 1.64. The first-order valence-electron chi connectivity index (χ1n) is 11.4. The van der Waals surface area contributed by atoms with E-state index in [-0.39, 0.29) is 34.0 Å². The van der Waals surface area contributed by atoms with Gasteiger partial charge in [-0.2, -0.15) is 5.10 Å². The second kappa shape index (κ2) is 11.5. The Kier molecular flexibility index (Phi) is 8.62. The molecule has 1 aliphatic rings. The van der Waals surface area contributed by atoms with Crippen molar-refractivity contribution < 1.29 is 33.1 Å². The lowest BCUT2D eigenvalue weighted by Gasteiger charge is -2.38. The molecule has 3 N–H and O–H groups in total. The van der Waals surface area contributed by atoms with Crippen molar-refractivity contribution in [2.75, 3.05) is 25.0 Å². The molecule has 0 aliphatic carbocycles. The SMILES string of the molecule is CCCN(C(=O)c1cc(NC(=O)c2cc(F)c(F)cc2Cl)n[nH]1)C1CCN(C(=O)C(C)C(=O)O)CC1. The summed E-state index contributed by atoms with van der Waals surface area (Å²) in [5, 5.41) is 17.7. The fourth-order valence-electron chi connectivity index (χ4n) is 4.00. The number of carbonyl (C=O) groups excluding carboxylic acids is 3. The number of rotatable bonds is 8. The van der Waals surface area contributed by atoms with E-state index >= 15 is 0 Å². The average Bonchev–Trinajstić information content (AvgIpc) is 3.31. The van der Waals surface area contributed by atoms with Gasteiger partial charge >= 0.3 is 5.97 Å². The van der Waals surface area contributed by atoms with Crippen molar-refractivity contribution in [3.05, 3.63) is 46.1 Å². The van der Waals surface area contributed by atoms with Gasteiger partial charge in [-0.25, -0.2) is 8.78 Å². The second-order valence-electron chi connectivity index (χ2n) is 8.48. The van der Waals surface area contributed by atoms with Gasteiger partial charge in [0.1, 0.15) is 11.6 Å². The van der Waals surface area contributed by atoms with E-state index in [1.54, 1.807) is 4.90 Å². The molecular formula is C23H26ClF2N5O5. The van der Waals surface area contributed by atoms with Crippen molar-refractivity contribution in [1.82, 2.24) is 20.0 Å². The fraction of sp³-hybridized carbons (Fsp3) is 0.435. The minimum absolute atomic E-state index is 0.0105. The zero-order valence-corrected chi connectivity index (χ0v) is 20.4. The molecule has 1 unspecified atom stereocenters. The Morgan fingerprint density at radius 1 is 1.22 bits per heavy atom. The number of H-pyrrole nitrogens is 1. The first kappa shape index (κ1) is 27.1. The minimum atomic E-state index is -1.23. The smallest absolute Gasteiger partial charge is 0.315 e. The molecule has 2 aromatic rings. The maximum absolute atomic E-state index is 13.5. The van der Waals surface area contributed by atoms with Crippen LogP contribution in [0.2, 0.25) is 5.02 Å². The first-order chi connectivity index (χ1) is 17.0. The van der Waals surface area contributed by atoms with Crippen LogP contribution < -0.4 is 5.32 Å². The number of carboxylic acid groups (broad SMARTS) is 1. The van der Waals surface area contributed by atoms with E-state index in [1.165, 1.54) is 17.9 Å². The molecule has 1 aromatic carbocycles. The normalized spacial score (nSPS) is 14.9. The Morgan fingerprint density at radius 2 is 1.86 bits per heavy atom. The molecule has 0 spiro atoms. The molecule has 13 heteroatoms. The number of piperidine rings is 1. The molecule has 2 heterocycles. The molecule has 0 radical (unpaired) electrons. The number of amides is 3. The van der Waals surface area contributed by atoms with E-state index in [0.717, 1.165) is 0 Å². The highest BCUT2D eigenvalue weighted by Gasteiger charge is 2.33. The maximum Gasteiger partial charge on any atom is 0.315 e. The topological polar surface area (TPSA) is 136 Å². The Bertz CT molecular complexity index is 1170. The van der Waals surface area contributed by atoms with Crippen LogP contribution in [0.5, 0.6) is 0 Å². The van der Waals surface area contributed by atoms with Crippen LogP contribution in [-0.4, -0.2) is 74.5 Å². The van der Waals surface area contributed by atoms with Crippen LogP contribution in [0.4, 0.5) is 14.6 Å². The Morgan fingerprint density at radius 3 is 2.47 bits per heavy atom. The molecule has 3 amide bonds. The first-order valence-corrected chi connectivity index (χ1v) is 11.7. The van der Waals surface area contributed by atoms with Crippen LogP contribution in [0.1, 0.15) is 54.0 Å². The largest absolute Gasteiger partial charge is 0.481 e. The highest BCUT2D eigenvalue weighted by molar-refractivity contribution is 6.34. The van der Waals surface area contributed by atoms with Crippen LogP contribution in [0, 0.1) is 17.6 Å². The van der Waals surface area contributed by atoms with Gasteiger partial charge in [-0.3, -0.25) is 24.3 Å². The highest BCUT2D eigenvalue weighted by atomic mass is 35.5. The number of carbonyl (C=O) groups is 4. The number of halogens is 3. The van der Waals surface area contributed by atoms with Crippen molar-refractivity contribution in [2.24, 2.45) is 5.92 Å². The summed E-state index contributed by atoms with van der Waals surface area (Å²) in [5.74, 6) is -6.39. The molecule has 3 rings (SSSR count). The molecular weight excluding hydrogens is 500 g/mol. The van der Waals surface area contributed by atoms with Crippen LogP contribution in [-0.2, 0) is 9.59 Å². The third-order valence-electron chi connectivity index (χ3n) is 5.99. The molecule has 0 saturated carbocycles. The van der Waals surface area contributed by atoms with Gasteiger partial charge in [-0.05, 0) is 38.3 Å². The fourth-order valence-corrected chi connectivity index (χ4v) is 4.23. The zero-order valence-electron chi connectivity index (χ0n) is 19.7. The monoisotopic (exact) mass is 525 g/mol. The third-order valence-corrected chi connectivity index (χ3v) is 6.30. The molecule has 10 nitrogen and oxygen atoms in total. The lowest BCUT2D eigenvalue weighted by atomic mass is 10.0. The van der Waals surface area contributed by atoms with Crippen molar-refractivity contribution in [1.29, 1.82) is 0 Å². The van der Waals surface area contributed by atoms with Gasteiger partial charge in [-0.1, -0.05) is 18.5 Å². The van der Waals surface area contributed by atoms with E-state index in [0.29, 0.717) is 51.0 Å². The molecule has 36 heavy (non-hydrogen) atoms. The number of benzene rings is 1. The van der Waals surface area contributed by atoms with E-state index in [9.17, 15) is 28.0 Å². The predicted octanol–water partition coefficient (Wildman–Crippen LogP) is 3.16. The number of aromatic amines is 1. The second-order valence-corrected chi connectivity index (χ2v) is 8.89. The molecule has 1 aliphatic heterocycles. The quantitative estimate of drug-likeness (QED) is 0.358. The van der Waals surface area contributed by atoms with Gasteiger partial charge in [0.2, 0.25) is 5.91 Å². The van der Waals surface area contributed by atoms with E-state index in [2.05, 4.69) is 15.5 Å². The molecule has 0 bridgehead atoms. The molecule has 1 saturated heterocycles. The molecule has 194 valence electrons. The summed E-state index contributed by atoms with van der Waals surface area (Å²) >= 11 is 5.83. The molecule has 1 atom stereocenters. The zero-order chi connectivity index (χ0) is 26.6. The van der Waals surface area contributed by atoms with Crippen LogP contribution >= 0.6 is 11.6 Å². The lowest BCUT2D eigenvalue weighted by molar-refractivity contribution is -0.150. The van der Waals surface area contributed by atoms with Gasteiger partial charge < -0.3 is 20.2 Å². The minimum Gasteiger partial charge on any atom is -0.481 e. The van der Waals surface area contributed by atoms with Crippen molar-refractivity contribution in [3.63, 3.8) is 0 Å². The number of aromatic nitrogens is 2. The summed E-state index contributed by atoms with van der Waals surface area (Å²) in [4.78, 5) is 52.2. The van der Waals surface area contributed by atoms with E-state index in [4.69, 9.17) is 16.7 Å². The van der Waals surface area contributed by atoms with Gasteiger partial charge in [-0.15, -0.1) is 0 Å². The predicted molar refractivity (Wildman–Crippen MR) is 126 cm³/mol. The Hall–Kier alpha value is -3.54. The number of hydrogen-bond acceptors (Lipinski definition) is 5. The van der Waals surface area contributed by atoms with Gasteiger partial charge in [0.25, 0.3) is 11.8 Å². The van der Waals surface area contributed by atoms with E-state index in [1.807, 2.05) is 6.92 Å². The number of anilines is 1. The van der Waals surface area contributed by atoms with Crippen molar-refractivity contribution >= 4 is 41.1 Å². The van der Waals surface area contributed by atoms with Gasteiger partial charge in [0.15, 0.2) is 17.5 Å². The van der Waals surface area contributed by atoms with Crippen LogP contribution in [0.15, 0.2) is 18.2 Å². The summed E-state index contributed by atoms with van der Waals surface area (Å²) in [6.45, 7) is 4.35. The van der Waals surface area contributed by atoms with Crippen LogP contribution in [0.25, 0.3) is 0 Å².